The number of benzene rings is 1. The van der Waals surface area contributed by atoms with Crippen molar-refractivity contribution >= 4 is 17.7 Å². The molecule has 0 saturated carbocycles. The second-order valence-corrected chi connectivity index (χ2v) is 4.01. The van der Waals surface area contributed by atoms with E-state index in [2.05, 4.69) is 0 Å². The van der Waals surface area contributed by atoms with Crippen LogP contribution < -0.4 is 9.47 Å². The Morgan fingerprint density at radius 3 is 2.71 bits per heavy atom. The van der Waals surface area contributed by atoms with Gasteiger partial charge in [0.05, 0.1) is 7.11 Å². The van der Waals surface area contributed by atoms with Crippen molar-refractivity contribution in [2.24, 2.45) is 0 Å². The molecule has 0 aliphatic carbocycles. The summed E-state index contributed by atoms with van der Waals surface area (Å²) >= 11 is 1.51. The summed E-state index contributed by atoms with van der Waals surface area (Å²) in [6.45, 7) is 0. The summed E-state index contributed by atoms with van der Waals surface area (Å²) in [6, 6.07) is 4.53. The molecule has 0 fully saturated rings. The molecule has 0 bridgehead atoms. The Kier molecular flexibility index (Phi) is 5.11. The molecule has 2 N–H and O–H groups in total. The average molecular weight is 258 g/mol. The third-order valence-corrected chi connectivity index (χ3v) is 2.42. The Labute approximate surface area is 103 Å². The SMILES string of the molecule is COc1cc(C(O)C(=O)O)ccc1OCSC. The normalized spacial score (nSPS) is 11.9. The van der Waals surface area contributed by atoms with E-state index in [9.17, 15) is 9.90 Å². The Morgan fingerprint density at radius 1 is 1.47 bits per heavy atom. The summed E-state index contributed by atoms with van der Waals surface area (Å²) in [5.41, 5.74) is 0.255. The molecule has 0 radical (unpaired) electrons. The van der Waals surface area contributed by atoms with Crippen molar-refractivity contribution in [2.75, 3.05) is 19.3 Å². The predicted molar refractivity (Wildman–Crippen MR) is 64.6 cm³/mol. The fourth-order valence-electron chi connectivity index (χ4n) is 1.24. The molecule has 0 spiro atoms. The summed E-state index contributed by atoms with van der Waals surface area (Å²) in [7, 11) is 1.46. The summed E-state index contributed by atoms with van der Waals surface area (Å²) in [5, 5.41) is 18.1. The van der Waals surface area contributed by atoms with Gasteiger partial charge in [0.2, 0.25) is 0 Å². The molecule has 94 valence electrons. The van der Waals surface area contributed by atoms with Crippen LogP contribution in [-0.2, 0) is 4.79 Å². The number of aliphatic hydroxyl groups is 1. The largest absolute Gasteiger partial charge is 0.493 e. The van der Waals surface area contributed by atoms with E-state index in [1.807, 2.05) is 6.26 Å². The van der Waals surface area contributed by atoms with E-state index in [1.54, 1.807) is 6.07 Å². The highest BCUT2D eigenvalue weighted by Gasteiger charge is 2.18. The topological polar surface area (TPSA) is 76.0 Å². The summed E-state index contributed by atoms with van der Waals surface area (Å²) < 4.78 is 10.5. The molecule has 0 amide bonds. The fourth-order valence-corrected chi connectivity index (χ4v) is 1.48. The number of hydrogen-bond donors (Lipinski definition) is 2. The number of ether oxygens (including phenoxy) is 2. The van der Waals surface area contributed by atoms with E-state index < -0.39 is 12.1 Å². The minimum Gasteiger partial charge on any atom is -0.493 e. The van der Waals surface area contributed by atoms with Crippen molar-refractivity contribution in [3.8, 4) is 11.5 Å². The number of aliphatic carboxylic acids is 1. The maximum absolute atomic E-state index is 10.6. The van der Waals surface area contributed by atoms with Gasteiger partial charge in [-0.05, 0) is 24.0 Å². The summed E-state index contributed by atoms with van der Waals surface area (Å²) in [5.74, 6) is 0.0851. The number of carboxylic acid groups (broad SMARTS) is 1. The Morgan fingerprint density at radius 2 is 2.18 bits per heavy atom. The molecule has 0 aliphatic heterocycles. The second kappa shape index (κ2) is 6.36. The molecule has 0 aliphatic rings. The summed E-state index contributed by atoms with van der Waals surface area (Å²) in [4.78, 5) is 10.6. The molecule has 1 unspecified atom stereocenters. The van der Waals surface area contributed by atoms with E-state index in [-0.39, 0.29) is 5.56 Å². The first-order valence-electron chi connectivity index (χ1n) is 4.80. The van der Waals surface area contributed by atoms with E-state index >= 15 is 0 Å². The van der Waals surface area contributed by atoms with Crippen LogP contribution in [-0.4, -0.2) is 35.5 Å². The molecule has 0 heterocycles. The number of rotatable bonds is 6. The van der Waals surface area contributed by atoms with E-state index in [1.165, 1.54) is 31.0 Å². The molecule has 0 saturated heterocycles. The van der Waals surface area contributed by atoms with Crippen molar-refractivity contribution in [1.29, 1.82) is 0 Å². The Bertz CT molecular complexity index is 393. The zero-order valence-corrected chi connectivity index (χ0v) is 10.4. The van der Waals surface area contributed by atoms with Gasteiger partial charge in [-0.15, -0.1) is 11.8 Å². The van der Waals surface area contributed by atoms with Crippen LogP contribution in [0.2, 0.25) is 0 Å². The number of carboxylic acids is 1. The molecule has 1 rings (SSSR count). The van der Waals surface area contributed by atoms with Crippen molar-refractivity contribution in [2.45, 2.75) is 6.10 Å². The standard InChI is InChI=1S/C11H14O5S/c1-15-9-5-7(10(12)11(13)14)3-4-8(9)16-6-17-2/h3-5,10,12H,6H2,1-2H3,(H,13,14). The maximum Gasteiger partial charge on any atom is 0.337 e. The molecule has 5 nitrogen and oxygen atoms in total. The molecular formula is C11H14O5S. The Hall–Kier alpha value is -1.40. The lowest BCUT2D eigenvalue weighted by molar-refractivity contribution is -0.146. The van der Waals surface area contributed by atoms with Gasteiger partial charge >= 0.3 is 5.97 Å². The minimum absolute atomic E-state index is 0.255. The second-order valence-electron chi connectivity index (χ2n) is 3.20. The average Bonchev–Trinajstić information content (AvgIpc) is 2.35. The predicted octanol–water partition coefficient (Wildman–Crippen LogP) is 1.51. The molecule has 0 aromatic heterocycles. The van der Waals surface area contributed by atoms with Gasteiger partial charge < -0.3 is 19.7 Å². The van der Waals surface area contributed by atoms with E-state index in [4.69, 9.17) is 14.6 Å². The molecule has 1 aromatic carbocycles. The quantitative estimate of drug-likeness (QED) is 0.753. The van der Waals surface area contributed by atoms with Crippen LogP contribution in [0.15, 0.2) is 18.2 Å². The van der Waals surface area contributed by atoms with Gasteiger partial charge in [0.1, 0.15) is 5.94 Å². The highest BCUT2D eigenvalue weighted by molar-refractivity contribution is 7.98. The van der Waals surface area contributed by atoms with E-state index in [0.717, 1.165) is 0 Å². The van der Waals surface area contributed by atoms with Gasteiger partial charge in [0.15, 0.2) is 17.6 Å². The monoisotopic (exact) mass is 258 g/mol. The highest BCUT2D eigenvalue weighted by atomic mass is 32.2. The van der Waals surface area contributed by atoms with Crippen LogP contribution in [0.25, 0.3) is 0 Å². The van der Waals surface area contributed by atoms with Crippen LogP contribution in [0.1, 0.15) is 11.7 Å². The van der Waals surface area contributed by atoms with Crippen molar-refractivity contribution in [3.63, 3.8) is 0 Å². The first-order chi connectivity index (χ1) is 8.10. The first-order valence-corrected chi connectivity index (χ1v) is 6.20. The van der Waals surface area contributed by atoms with Gasteiger partial charge in [-0.2, -0.15) is 0 Å². The van der Waals surface area contributed by atoms with Gasteiger partial charge in [-0.3, -0.25) is 0 Å². The van der Waals surface area contributed by atoms with Crippen molar-refractivity contribution in [3.05, 3.63) is 23.8 Å². The lowest BCUT2D eigenvalue weighted by atomic mass is 10.1. The maximum atomic E-state index is 10.6. The number of thioether (sulfide) groups is 1. The molecule has 1 aromatic rings. The van der Waals surface area contributed by atoms with Crippen molar-refractivity contribution < 1.29 is 24.5 Å². The van der Waals surface area contributed by atoms with Crippen molar-refractivity contribution in [1.82, 2.24) is 0 Å². The zero-order valence-electron chi connectivity index (χ0n) is 9.54. The fraction of sp³-hybridized carbons (Fsp3) is 0.364. The number of methoxy groups -OCH3 is 1. The molecule has 6 heteroatoms. The lowest BCUT2D eigenvalue weighted by Crippen LogP contribution is -2.10. The van der Waals surface area contributed by atoms with E-state index in [0.29, 0.717) is 17.4 Å². The third-order valence-electron chi connectivity index (χ3n) is 2.07. The zero-order chi connectivity index (χ0) is 12.8. The summed E-state index contributed by atoms with van der Waals surface area (Å²) in [6.07, 6.45) is 0.341. The number of carbonyl (C=O) groups is 1. The minimum atomic E-state index is -1.56. The third kappa shape index (κ3) is 3.54. The molecule has 17 heavy (non-hydrogen) atoms. The molecular weight excluding hydrogens is 244 g/mol. The van der Waals surface area contributed by atoms with Crippen LogP contribution in [0.4, 0.5) is 0 Å². The van der Waals surface area contributed by atoms with Crippen LogP contribution >= 0.6 is 11.8 Å². The molecule has 1 atom stereocenters. The van der Waals surface area contributed by atoms with Crippen LogP contribution in [0.3, 0.4) is 0 Å². The van der Waals surface area contributed by atoms with Gasteiger partial charge in [0.25, 0.3) is 0 Å². The lowest BCUT2D eigenvalue weighted by Gasteiger charge is -2.12. The Balaban J connectivity index is 2.95. The van der Waals surface area contributed by atoms with Crippen LogP contribution in [0, 0.1) is 0 Å². The first kappa shape index (κ1) is 13.7. The number of hydrogen-bond acceptors (Lipinski definition) is 5. The van der Waals surface area contributed by atoms with Crippen LogP contribution in [0.5, 0.6) is 11.5 Å². The number of aliphatic hydroxyl groups excluding tert-OH is 1. The van der Waals surface area contributed by atoms with Gasteiger partial charge in [-0.1, -0.05) is 6.07 Å². The van der Waals surface area contributed by atoms with Gasteiger partial charge in [0, 0.05) is 0 Å². The van der Waals surface area contributed by atoms with Gasteiger partial charge in [-0.25, -0.2) is 4.79 Å². The highest BCUT2D eigenvalue weighted by Crippen LogP contribution is 2.30. The smallest absolute Gasteiger partial charge is 0.337 e.